The van der Waals surface area contributed by atoms with Gasteiger partial charge in [-0.25, -0.2) is 4.39 Å². The Bertz CT molecular complexity index is 601. The standard InChI is InChI=1S/C16H17BrFNO/c1-11-6-7-14(18)8-13(11)10-20-16-12(9-19-2)4-3-5-15(16)17/h3-8,19H,9-10H2,1-2H3. The highest BCUT2D eigenvalue weighted by molar-refractivity contribution is 9.10. The van der Waals surface area contributed by atoms with Crippen LogP contribution in [0, 0.1) is 12.7 Å². The molecule has 0 spiro atoms. The van der Waals surface area contributed by atoms with Gasteiger partial charge in [-0.05, 0) is 59.2 Å². The molecular formula is C16H17BrFNO. The third-order valence-electron chi connectivity index (χ3n) is 3.10. The maximum Gasteiger partial charge on any atom is 0.138 e. The van der Waals surface area contributed by atoms with Gasteiger partial charge in [-0.15, -0.1) is 0 Å². The van der Waals surface area contributed by atoms with E-state index in [-0.39, 0.29) is 5.82 Å². The van der Waals surface area contributed by atoms with E-state index < -0.39 is 0 Å². The fourth-order valence-corrected chi connectivity index (χ4v) is 2.51. The Morgan fingerprint density at radius 3 is 2.75 bits per heavy atom. The summed E-state index contributed by atoms with van der Waals surface area (Å²) in [6, 6.07) is 10.7. The molecule has 0 aliphatic carbocycles. The summed E-state index contributed by atoms with van der Waals surface area (Å²) in [7, 11) is 1.89. The van der Waals surface area contributed by atoms with E-state index in [4.69, 9.17) is 4.74 Å². The van der Waals surface area contributed by atoms with Gasteiger partial charge in [0.1, 0.15) is 18.2 Å². The average Bonchev–Trinajstić information content (AvgIpc) is 2.42. The maximum absolute atomic E-state index is 13.3. The van der Waals surface area contributed by atoms with Crippen molar-refractivity contribution in [3.8, 4) is 5.75 Å². The summed E-state index contributed by atoms with van der Waals surface area (Å²) in [5.41, 5.74) is 2.95. The number of hydrogen-bond acceptors (Lipinski definition) is 2. The van der Waals surface area contributed by atoms with E-state index in [2.05, 4.69) is 21.2 Å². The van der Waals surface area contributed by atoms with Crippen LogP contribution >= 0.6 is 15.9 Å². The molecule has 0 fully saturated rings. The zero-order valence-electron chi connectivity index (χ0n) is 11.5. The molecule has 0 atom stereocenters. The molecule has 2 nitrogen and oxygen atoms in total. The first kappa shape index (κ1) is 15.0. The third-order valence-corrected chi connectivity index (χ3v) is 3.72. The lowest BCUT2D eigenvalue weighted by molar-refractivity contribution is 0.299. The van der Waals surface area contributed by atoms with Crippen molar-refractivity contribution in [2.75, 3.05) is 7.05 Å². The van der Waals surface area contributed by atoms with Crippen molar-refractivity contribution in [2.45, 2.75) is 20.1 Å². The highest BCUT2D eigenvalue weighted by Crippen LogP contribution is 2.30. The molecule has 2 aromatic carbocycles. The highest BCUT2D eigenvalue weighted by Gasteiger charge is 2.09. The van der Waals surface area contributed by atoms with Gasteiger partial charge < -0.3 is 10.1 Å². The van der Waals surface area contributed by atoms with E-state index in [9.17, 15) is 4.39 Å². The molecule has 0 aliphatic heterocycles. The summed E-state index contributed by atoms with van der Waals surface area (Å²) in [4.78, 5) is 0. The van der Waals surface area contributed by atoms with Crippen molar-refractivity contribution in [2.24, 2.45) is 0 Å². The molecule has 0 amide bonds. The third kappa shape index (κ3) is 3.58. The van der Waals surface area contributed by atoms with Gasteiger partial charge in [-0.3, -0.25) is 0 Å². The van der Waals surface area contributed by atoms with Gasteiger partial charge in [0.25, 0.3) is 0 Å². The Labute approximate surface area is 127 Å². The number of rotatable bonds is 5. The van der Waals surface area contributed by atoms with Gasteiger partial charge in [-0.2, -0.15) is 0 Å². The lowest BCUT2D eigenvalue weighted by atomic mass is 10.1. The number of aryl methyl sites for hydroxylation is 1. The first-order valence-electron chi connectivity index (χ1n) is 6.41. The minimum atomic E-state index is -0.239. The maximum atomic E-state index is 13.3. The molecule has 0 radical (unpaired) electrons. The quantitative estimate of drug-likeness (QED) is 0.882. The van der Waals surface area contributed by atoms with E-state index in [0.717, 1.165) is 33.5 Å². The van der Waals surface area contributed by atoms with Crippen molar-refractivity contribution >= 4 is 15.9 Å². The second-order valence-corrected chi connectivity index (χ2v) is 5.47. The molecule has 0 bridgehead atoms. The average molecular weight is 338 g/mol. The van der Waals surface area contributed by atoms with Crippen LogP contribution in [0.1, 0.15) is 16.7 Å². The van der Waals surface area contributed by atoms with E-state index in [0.29, 0.717) is 6.61 Å². The van der Waals surface area contributed by atoms with Crippen LogP contribution in [0.15, 0.2) is 40.9 Å². The zero-order chi connectivity index (χ0) is 14.5. The van der Waals surface area contributed by atoms with Gasteiger partial charge in [0.05, 0.1) is 4.47 Å². The van der Waals surface area contributed by atoms with Crippen LogP contribution in [0.2, 0.25) is 0 Å². The van der Waals surface area contributed by atoms with Crippen molar-refractivity contribution in [1.29, 1.82) is 0 Å². The summed E-state index contributed by atoms with van der Waals surface area (Å²) in [6.07, 6.45) is 0. The van der Waals surface area contributed by atoms with Crippen LogP contribution in [-0.4, -0.2) is 7.05 Å². The lowest BCUT2D eigenvalue weighted by Gasteiger charge is -2.14. The van der Waals surface area contributed by atoms with Gasteiger partial charge in [0.15, 0.2) is 0 Å². The van der Waals surface area contributed by atoms with Crippen LogP contribution in [0.3, 0.4) is 0 Å². The first-order chi connectivity index (χ1) is 9.61. The Morgan fingerprint density at radius 1 is 1.20 bits per heavy atom. The van der Waals surface area contributed by atoms with Gasteiger partial charge in [0, 0.05) is 12.1 Å². The molecule has 0 saturated heterocycles. The van der Waals surface area contributed by atoms with E-state index >= 15 is 0 Å². The van der Waals surface area contributed by atoms with Gasteiger partial charge in [-0.1, -0.05) is 18.2 Å². The smallest absolute Gasteiger partial charge is 0.138 e. The predicted octanol–water partition coefficient (Wildman–Crippen LogP) is 4.20. The monoisotopic (exact) mass is 337 g/mol. The summed E-state index contributed by atoms with van der Waals surface area (Å²) in [5, 5.41) is 3.11. The SMILES string of the molecule is CNCc1cccc(Br)c1OCc1cc(F)ccc1C. The molecule has 0 heterocycles. The van der Waals surface area contributed by atoms with Crippen molar-refractivity contribution in [3.05, 3.63) is 63.4 Å². The van der Waals surface area contributed by atoms with Crippen LogP contribution < -0.4 is 10.1 Å². The Hall–Kier alpha value is -1.39. The van der Waals surface area contributed by atoms with Crippen LogP contribution in [0.5, 0.6) is 5.75 Å². The molecule has 1 N–H and O–H groups in total. The summed E-state index contributed by atoms with van der Waals surface area (Å²) < 4.78 is 20.1. The Morgan fingerprint density at radius 2 is 2.00 bits per heavy atom. The fraction of sp³-hybridized carbons (Fsp3) is 0.250. The molecule has 4 heteroatoms. The summed E-state index contributed by atoms with van der Waals surface area (Å²) in [6.45, 7) is 3.02. The molecule has 2 aromatic rings. The summed E-state index contributed by atoms with van der Waals surface area (Å²) >= 11 is 3.50. The largest absolute Gasteiger partial charge is 0.487 e. The predicted molar refractivity (Wildman–Crippen MR) is 82.4 cm³/mol. The molecule has 0 unspecified atom stereocenters. The molecule has 106 valence electrons. The number of nitrogens with one attached hydrogen (secondary N) is 1. The first-order valence-corrected chi connectivity index (χ1v) is 7.21. The van der Waals surface area contributed by atoms with E-state index in [1.54, 1.807) is 6.07 Å². The minimum absolute atomic E-state index is 0.239. The fourth-order valence-electron chi connectivity index (χ4n) is 1.99. The van der Waals surface area contributed by atoms with Crippen LogP contribution in [0.4, 0.5) is 4.39 Å². The second kappa shape index (κ2) is 6.86. The number of ether oxygens (including phenoxy) is 1. The molecule has 0 aromatic heterocycles. The van der Waals surface area contributed by atoms with Gasteiger partial charge in [0.2, 0.25) is 0 Å². The minimum Gasteiger partial charge on any atom is -0.487 e. The molecule has 0 saturated carbocycles. The van der Waals surface area contributed by atoms with Crippen molar-refractivity contribution in [3.63, 3.8) is 0 Å². The van der Waals surface area contributed by atoms with Gasteiger partial charge >= 0.3 is 0 Å². The number of para-hydroxylation sites is 1. The van der Waals surface area contributed by atoms with Crippen LogP contribution in [-0.2, 0) is 13.2 Å². The normalized spacial score (nSPS) is 10.6. The second-order valence-electron chi connectivity index (χ2n) is 4.62. The van der Waals surface area contributed by atoms with E-state index in [1.807, 2.05) is 32.2 Å². The molecule has 0 aliphatic rings. The highest BCUT2D eigenvalue weighted by atomic mass is 79.9. The van der Waals surface area contributed by atoms with Crippen molar-refractivity contribution in [1.82, 2.24) is 5.32 Å². The number of benzene rings is 2. The van der Waals surface area contributed by atoms with E-state index in [1.165, 1.54) is 12.1 Å². The number of hydrogen-bond donors (Lipinski definition) is 1. The van der Waals surface area contributed by atoms with Crippen LogP contribution in [0.25, 0.3) is 0 Å². The molecule has 2 rings (SSSR count). The summed E-state index contributed by atoms with van der Waals surface area (Å²) in [5.74, 6) is 0.558. The molecule has 20 heavy (non-hydrogen) atoms. The Balaban J connectivity index is 2.20. The zero-order valence-corrected chi connectivity index (χ0v) is 13.1. The topological polar surface area (TPSA) is 21.3 Å². The number of halogens is 2. The Kier molecular flexibility index (Phi) is 5.15. The van der Waals surface area contributed by atoms with Crippen molar-refractivity contribution < 1.29 is 9.13 Å². The lowest BCUT2D eigenvalue weighted by Crippen LogP contribution is -2.08. The molecular weight excluding hydrogens is 321 g/mol.